The van der Waals surface area contributed by atoms with Crippen molar-refractivity contribution in [2.75, 3.05) is 6.54 Å². The van der Waals surface area contributed by atoms with Crippen molar-refractivity contribution in [3.05, 3.63) is 33.8 Å². The smallest absolute Gasteiger partial charge is 0.0456 e. The number of benzene rings is 1. The molecule has 0 aliphatic heterocycles. The Hall–Kier alpha value is -0.530. The Bertz CT molecular complexity index is 400. The molecule has 19 heavy (non-hydrogen) atoms. The summed E-state index contributed by atoms with van der Waals surface area (Å²) in [6.45, 7) is 12.1. The van der Waals surface area contributed by atoms with Crippen LogP contribution in [0, 0.1) is 19.8 Å². The fourth-order valence-electron chi connectivity index (χ4n) is 2.58. The van der Waals surface area contributed by atoms with Crippen molar-refractivity contribution < 1.29 is 0 Å². The summed E-state index contributed by atoms with van der Waals surface area (Å²) in [5.41, 5.74) is 3.86. The zero-order valence-electron chi connectivity index (χ0n) is 13.0. The van der Waals surface area contributed by atoms with Crippen LogP contribution >= 0.6 is 11.6 Å². The van der Waals surface area contributed by atoms with E-state index >= 15 is 0 Å². The lowest BCUT2D eigenvalue weighted by molar-refractivity contribution is 0.363. The fraction of sp³-hybridized carbons (Fsp3) is 0.647. The van der Waals surface area contributed by atoms with E-state index in [0.29, 0.717) is 12.0 Å². The molecule has 0 fully saturated rings. The molecule has 108 valence electrons. The predicted molar refractivity (Wildman–Crippen MR) is 86.0 cm³/mol. The van der Waals surface area contributed by atoms with Gasteiger partial charge >= 0.3 is 0 Å². The molecule has 0 spiro atoms. The van der Waals surface area contributed by atoms with E-state index in [-0.39, 0.29) is 0 Å². The number of nitrogens with one attached hydrogen (secondary N) is 1. The quantitative estimate of drug-likeness (QED) is 0.702. The Kier molecular flexibility index (Phi) is 6.88. The standard InChI is InChI=1S/C17H28ClN/c1-6-8-12(3)17(19-9-7-2)15-10-13(4)14(5)11-16(15)18/h10-12,17,19H,6-9H2,1-5H3. The van der Waals surface area contributed by atoms with Crippen molar-refractivity contribution in [1.82, 2.24) is 5.32 Å². The molecule has 0 saturated carbocycles. The van der Waals surface area contributed by atoms with E-state index in [1.807, 2.05) is 0 Å². The highest BCUT2D eigenvalue weighted by Gasteiger charge is 2.21. The molecule has 0 aromatic heterocycles. The van der Waals surface area contributed by atoms with E-state index in [0.717, 1.165) is 18.0 Å². The molecule has 2 heteroatoms. The summed E-state index contributed by atoms with van der Waals surface area (Å²) >= 11 is 6.48. The van der Waals surface area contributed by atoms with Crippen LogP contribution in [-0.2, 0) is 0 Å². The van der Waals surface area contributed by atoms with Crippen molar-refractivity contribution in [3.8, 4) is 0 Å². The highest BCUT2D eigenvalue weighted by molar-refractivity contribution is 6.31. The molecule has 0 bridgehead atoms. The van der Waals surface area contributed by atoms with Crippen LogP contribution < -0.4 is 5.32 Å². The number of hydrogen-bond acceptors (Lipinski definition) is 1. The summed E-state index contributed by atoms with van der Waals surface area (Å²) in [6, 6.07) is 4.73. The van der Waals surface area contributed by atoms with Crippen molar-refractivity contribution in [2.24, 2.45) is 5.92 Å². The normalized spacial score (nSPS) is 14.4. The van der Waals surface area contributed by atoms with Gasteiger partial charge in [-0.3, -0.25) is 0 Å². The lowest BCUT2D eigenvalue weighted by Crippen LogP contribution is -2.28. The molecule has 1 aromatic carbocycles. The maximum Gasteiger partial charge on any atom is 0.0456 e. The van der Waals surface area contributed by atoms with Gasteiger partial charge in [0.05, 0.1) is 0 Å². The van der Waals surface area contributed by atoms with Gasteiger partial charge in [0.25, 0.3) is 0 Å². The summed E-state index contributed by atoms with van der Waals surface area (Å²) < 4.78 is 0. The molecule has 2 unspecified atom stereocenters. The maximum atomic E-state index is 6.48. The molecule has 1 aromatic rings. The highest BCUT2D eigenvalue weighted by Crippen LogP contribution is 2.32. The Morgan fingerprint density at radius 3 is 2.32 bits per heavy atom. The lowest BCUT2D eigenvalue weighted by Gasteiger charge is -2.27. The number of halogens is 1. The van der Waals surface area contributed by atoms with E-state index in [4.69, 9.17) is 11.6 Å². The Morgan fingerprint density at radius 2 is 1.74 bits per heavy atom. The molecule has 2 atom stereocenters. The van der Waals surface area contributed by atoms with Crippen LogP contribution in [0.15, 0.2) is 12.1 Å². The zero-order valence-corrected chi connectivity index (χ0v) is 13.8. The summed E-state index contributed by atoms with van der Waals surface area (Å²) in [7, 11) is 0. The van der Waals surface area contributed by atoms with Crippen LogP contribution in [0.3, 0.4) is 0 Å². The third-order valence-electron chi connectivity index (χ3n) is 3.88. The van der Waals surface area contributed by atoms with Crippen LogP contribution in [0.25, 0.3) is 0 Å². The largest absolute Gasteiger partial charge is 0.310 e. The van der Waals surface area contributed by atoms with Gasteiger partial charge in [-0.05, 0) is 61.9 Å². The number of hydrogen-bond donors (Lipinski definition) is 1. The minimum atomic E-state index is 0.367. The molecule has 0 saturated heterocycles. The van der Waals surface area contributed by atoms with Gasteiger partial charge in [0.1, 0.15) is 0 Å². The molecule has 0 radical (unpaired) electrons. The van der Waals surface area contributed by atoms with E-state index in [9.17, 15) is 0 Å². The molecule has 1 N–H and O–H groups in total. The van der Waals surface area contributed by atoms with Crippen LogP contribution in [0.4, 0.5) is 0 Å². The maximum absolute atomic E-state index is 6.48. The van der Waals surface area contributed by atoms with E-state index in [1.165, 1.54) is 29.5 Å². The zero-order chi connectivity index (χ0) is 14.4. The second kappa shape index (κ2) is 7.91. The van der Waals surface area contributed by atoms with E-state index < -0.39 is 0 Å². The van der Waals surface area contributed by atoms with Crippen molar-refractivity contribution >= 4 is 11.6 Å². The minimum Gasteiger partial charge on any atom is -0.310 e. The van der Waals surface area contributed by atoms with Gasteiger partial charge in [-0.15, -0.1) is 0 Å². The molecule has 0 aliphatic rings. The van der Waals surface area contributed by atoms with E-state index in [1.54, 1.807) is 0 Å². The Morgan fingerprint density at radius 1 is 1.11 bits per heavy atom. The first kappa shape index (κ1) is 16.5. The fourth-order valence-corrected chi connectivity index (χ4v) is 2.92. The molecule has 0 heterocycles. The van der Waals surface area contributed by atoms with Crippen LogP contribution in [0.2, 0.25) is 5.02 Å². The first-order valence-electron chi connectivity index (χ1n) is 7.51. The van der Waals surface area contributed by atoms with Gasteiger partial charge in [0, 0.05) is 11.1 Å². The third kappa shape index (κ3) is 4.50. The predicted octanol–water partition coefficient (Wildman–Crippen LogP) is 5.43. The van der Waals surface area contributed by atoms with Gasteiger partial charge in [-0.1, -0.05) is 44.9 Å². The third-order valence-corrected chi connectivity index (χ3v) is 4.20. The average molecular weight is 282 g/mol. The molecule has 1 rings (SSSR count). The first-order chi connectivity index (χ1) is 9.01. The molecule has 1 nitrogen and oxygen atoms in total. The minimum absolute atomic E-state index is 0.367. The van der Waals surface area contributed by atoms with Gasteiger partial charge in [-0.25, -0.2) is 0 Å². The second-order valence-electron chi connectivity index (χ2n) is 5.66. The Labute approximate surface area is 123 Å². The van der Waals surface area contributed by atoms with Crippen molar-refractivity contribution in [1.29, 1.82) is 0 Å². The second-order valence-corrected chi connectivity index (χ2v) is 6.06. The van der Waals surface area contributed by atoms with Crippen molar-refractivity contribution in [2.45, 2.75) is 59.9 Å². The monoisotopic (exact) mass is 281 g/mol. The van der Waals surface area contributed by atoms with Gasteiger partial charge in [-0.2, -0.15) is 0 Å². The van der Waals surface area contributed by atoms with Gasteiger partial charge < -0.3 is 5.32 Å². The molecule has 0 amide bonds. The van der Waals surface area contributed by atoms with Crippen LogP contribution in [-0.4, -0.2) is 6.54 Å². The molecule has 0 aliphatic carbocycles. The summed E-state index contributed by atoms with van der Waals surface area (Å²) in [6.07, 6.45) is 3.59. The number of rotatable bonds is 7. The Balaban J connectivity index is 3.05. The van der Waals surface area contributed by atoms with Gasteiger partial charge in [0.15, 0.2) is 0 Å². The summed E-state index contributed by atoms with van der Waals surface area (Å²) in [5, 5.41) is 4.58. The van der Waals surface area contributed by atoms with Crippen molar-refractivity contribution in [3.63, 3.8) is 0 Å². The summed E-state index contributed by atoms with van der Waals surface area (Å²) in [5.74, 6) is 0.608. The van der Waals surface area contributed by atoms with Gasteiger partial charge in [0.2, 0.25) is 0 Å². The molecular weight excluding hydrogens is 254 g/mol. The number of aryl methyl sites for hydroxylation is 2. The molecular formula is C17H28ClN. The van der Waals surface area contributed by atoms with Crippen LogP contribution in [0.1, 0.15) is 62.8 Å². The van der Waals surface area contributed by atoms with Crippen LogP contribution in [0.5, 0.6) is 0 Å². The first-order valence-corrected chi connectivity index (χ1v) is 7.89. The topological polar surface area (TPSA) is 12.0 Å². The summed E-state index contributed by atoms with van der Waals surface area (Å²) in [4.78, 5) is 0. The van der Waals surface area contributed by atoms with E-state index in [2.05, 4.69) is 52.1 Å². The SMILES string of the molecule is CCCNC(c1cc(C)c(C)cc1Cl)C(C)CCC. The average Bonchev–Trinajstić information content (AvgIpc) is 2.36. The lowest BCUT2D eigenvalue weighted by atomic mass is 9.89. The highest BCUT2D eigenvalue weighted by atomic mass is 35.5.